The molecule has 0 amide bonds. The lowest BCUT2D eigenvalue weighted by Gasteiger charge is -2.11. The zero-order chi connectivity index (χ0) is 12.3. The van der Waals surface area contributed by atoms with Crippen LogP contribution in [-0.2, 0) is 13.1 Å². The highest BCUT2D eigenvalue weighted by Gasteiger charge is 2.09. The lowest BCUT2D eigenvalue weighted by molar-refractivity contribution is 0.473. The van der Waals surface area contributed by atoms with Gasteiger partial charge in [0.2, 0.25) is 0 Å². The highest BCUT2D eigenvalue weighted by atomic mass is 16.2. The number of hydrogen-bond donors (Lipinski definition) is 0. The first-order valence-electron chi connectivity index (χ1n) is 5.39. The lowest BCUT2D eigenvalue weighted by Crippen LogP contribution is -2.41. The Bertz CT molecular complexity index is 495. The third-order valence-corrected chi connectivity index (χ3v) is 2.28. The van der Waals surface area contributed by atoms with Crippen molar-refractivity contribution in [2.75, 3.05) is 0 Å². The van der Waals surface area contributed by atoms with E-state index in [0.29, 0.717) is 18.7 Å². The van der Waals surface area contributed by atoms with Gasteiger partial charge in [-0.15, -0.1) is 6.58 Å². The predicted molar refractivity (Wildman–Crippen MR) is 64.7 cm³/mol. The Hall–Kier alpha value is -1.58. The summed E-state index contributed by atoms with van der Waals surface area (Å²) in [6.45, 7) is 10.2. The Morgan fingerprint density at radius 1 is 1.44 bits per heavy atom. The highest BCUT2D eigenvalue weighted by molar-refractivity contribution is 5.03. The minimum absolute atomic E-state index is 0.195. The second-order valence-electron chi connectivity index (χ2n) is 4.35. The smallest absolute Gasteiger partial charge is 0.296 e. The van der Waals surface area contributed by atoms with Crippen molar-refractivity contribution in [2.45, 2.75) is 33.9 Å². The van der Waals surface area contributed by atoms with Gasteiger partial charge in [0.15, 0.2) is 0 Å². The summed E-state index contributed by atoms with van der Waals surface area (Å²) in [5.41, 5.74) is 0.130. The summed E-state index contributed by atoms with van der Waals surface area (Å²) in [6.07, 6.45) is 3.23. The van der Waals surface area contributed by atoms with Gasteiger partial charge in [-0.1, -0.05) is 19.9 Å². The van der Waals surface area contributed by atoms with Crippen LogP contribution >= 0.6 is 0 Å². The van der Waals surface area contributed by atoms with Crippen LogP contribution in [0, 0.1) is 12.8 Å². The first kappa shape index (κ1) is 12.5. The number of hydrogen-bond acceptors (Lipinski definition) is 2. The molecule has 0 aromatic carbocycles. The van der Waals surface area contributed by atoms with Crippen molar-refractivity contribution in [3.05, 3.63) is 45.3 Å². The van der Waals surface area contributed by atoms with Crippen LogP contribution < -0.4 is 11.2 Å². The van der Waals surface area contributed by atoms with E-state index in [1.807, 2.05) is 13.8 Å². The number of allylic oxidation sites excluding steroid dienone is 1. The van der Waals surface area contributed by atoms with E-state index in [-0.39, 0.29) is 17.2 Å². The van der Waals surface area contributed by atoms with E-state index in [4.69, 9.17) is 0 Å². The monoisotopic (exact) mass is 222 g/mol. The highest BCUT2D eigenvalue weighted by Crippen LogP contribution is 1.95. The zero-order valence-electron chi connectivity index (χ0n) is 10.1. The summed E-state index contributed by atoms with van der Waals surface area (Å²) < 4.78 is 2.80. The molecule has 1 aromatic rings. The van der Waals surface area contributed by atoms with Gasteiger partial charge < -0.3 is 0 Å². The van der Waals surface area contributed by atoms with Crippen LogP contribution in [0.25, 0.3) is 0 Å². The molecule has 4 heteroatoms. The second-order valence-corrected chi connectivity index (χ2v) is 4.35. The normalized spacial score (nSPS) is 10.8. The molecule has 16 heavy (non-hydrogen) atoms. The molecule has 1 heterocycles. The molecule has 0 bridgehead atoms. The molecular weight excluding hydrogens is 204 g/mol. The van der Waals surface area contributed by atoms with Crippen LogP contribution in [0.15, 0.2) is 28.4 Å². The lowest BCUT2D eigenvalue weighted by atomic mass is 10.2. The van der Waals surface area contributed by atoms with Gasteiger partial charge >= 0.3 is 5.69 Å². The maximum absolute atomic E-state index is 11.9. The molecule has 0 aliphatic heterocycles. The molecule has 0 aliphatic rings. The summed E-state index contributed by atoms with van der Waals surface area (Å²) in [5.74, 6) is 0.268. The molecular formula is C12H18N2O2. The van der Waals surface area contributed by atoms with E-state index in [1.165, 1.54) is 9.13 Å². The fourth-order valence-electron chi connectivity index (χ4n) is 1.60. The van der Waals surface area contributed by atoms with Crippen molar-refractivity contribution in [1.82, 2.24) is 9.13 Å². The Morgan fingerprint density at radius 2 is 2.06 bits per heavy atom. The summed E-state index contributed by atoms with van der Waals surface area (Å²) in [4.78, 5) is 23.8. The predicted octanol–water partition coefficient (Wildman–Crippen LogP) is 1.16. The third-order valence-electron chi connectivity index (χ3n) is 2.28. The van der Waals surface area contributed by atoms with E-state index >= 15 is 0 Å². The fraction of sp³-hybridized carbons (Fsp3) is 0.500. The van der Waals surface area contributed by atoms with E-state index in [1.54, 1.807) is 19.2 Å². The van der Waals surface area contributed by atoms with Crippen molar-refractivity contribution >= 4 is 0 Å². The maximum atomic E-state index is 11.9. The second kappa shape index (κ2) is 4.96. The molecule has 0 N–H and O–H groups in total. The minimum Gasteiger partial charge on any atom is -0.296 e. The Balaban J connectivity index is 3.39. The molecule has 0 saturated heterocycles. The van der Waals surface area contributed by atoms with Gasteiger partial charge in [0.05, 0.1) is 0 Å². The molecule has 4 nitrogen and oxygen atoms in total. The van der Waals surface area contributed by atoms with Crippen LogP contribution in [0.3, 0.4) is 0 Å². The number of nitrogens with zero attached hydrogens (tertiary/aromatic N) is 2. The summed E-state index contributed by atoms with van der Waals surface area (Å²) >= 11 is 0. The average molecular weight is 222 g/mol. The molecule has 0 spiro atoms. The number of aryl methyl sites for hydroxylation is 1. The van der Waals surface area contributed by atoms with E-state index in [0.717, 1.165) is 0 Å². The van der Waals surface area contributed by atoms with E-state index in [9.17, 15) is 9.59 Å². The van der Waals surface area contributed by atoms with Gasteiger partial charge in [0, 0.05) is 24.8 Å². The Morgan fingerprint density at radius 3 is 2.56 bits per heavy atom. The molecule has 0 saturated carbocycles. The van der Waals surface area contributed by atoms with Crippen molar-refractivity contribution in [3.8, 4) is 0 Å². The molecule has 88 valence electrons. The van der Waals surface area contributed by atoms with Crippen molar-refractivity contribution in [1.29, 1.82) is 0 Å². The van der Waals surface area contributed by atoms with Crippen LogP contribution in [0.2, 0.25) is 0 Å². The van der Waals surface area contributed by atoms with Gasteiger partial charge in [0.25, 0.3) is 5.56 Å². The topological polar surface area (TPSA) is 44.0 Å². The molecule has 0 atom stereocenters. The van der Waals surface area contributed by atoms with Crippen LogP contribution in [0.4, 0.5) is 0 Å². The molecule has 0 fully saturated rings. The third kappa shape index (κ3) is 2.51. The molecule has 1 aromatic heterocycles. The van der Waals surface area contributed by atoms with Crippen molar-refractivity contribution < 1.29 is 0 Å². The minimum atomic E-state index is -0.260. The summed E-state index contributed by atoms with van der Waals surface area (Å²) in [6, 6.07) is 0. The van der Waals surface area contributed by atoms with Crippen LogP contribution in [-0.4, -0.2) is 9.13 Å². The first-order chi connectivity index (χ1) is 7.47. The van der Waals surface area contributed by atoms with E-state index in [2.05, 4.69) is 6.58 Å². The quantitative estimate of drug-likeness (QED) is 0.717. The fourth-order valence-corrected chi connectivity index (χ4v) is 1.60. The molecule has 0 aliphatic carbocycles. The summed E-state index contributed by atoms with van der Waals surface area (Å²) in [7, 11) is 0. The van der Waals surface area contributed by atoms with Gasteiger partial charge in [0.1, 0.15) is 0 Å². The van der Waals surface area contributed by atoms with Crippen molar-refractivity contribution in [2.24, 2.45) is 5.92 Å². The standard InChI is InChI=1S/C12H18N2O2/c1-5-6-13-8-10(4)11(15)14(12(13)16)7-9(2)3/h5,8-9H,1,6-7H2,2-4H3. The molecule has 1 rings (SSSR count). The van der Waals surface area contributed by atoms with Gasteiger partial charge in [-0.25, -0.2) is 4.79 Å². The maximum Gasteiger partial charge on any atom is 0.331 e. The van der Waals surface area contributed by atoms with Crippen LogP contribution in [0.5, 0.6) is 0 Å². The van der Waals surface area contributed by atoms with Crippen LogP contribution in [0.1, 0.15) is 19.4 Å². The first-order valence-corrected chi connectivity index (χ1v) is 5.39. The largest absolute Gasteiger partial charge is 0.331 e. The zero-order valence-corrected chi connectivity index (χ0v) is 10.1. The van der Waals surface area contributed by atoms with Gasteiger partial charge in [-0.3, -0.25) is 13.9 Å². The molecule has 0 unspecified atom stereocenters. The number of aromatic nitrogens is 2. The SMILES string of the molecule is C=CCn1cc(C)c(=O)n(CC(C)C)c1=O. The average Bonchev–Trinajstić information content (AvgIpc) is 2.21. The Labute approximate surface area is 94.8 Å². The number of rotatable bonds is 4. The Kier molecular flexibility index (Phi) is 3.88. The van der Waals surface area contributed by atoms with Gasteiger partial charge in [-0.05, 0) is 12.8 Å². The summed E-state index contributed by atoms with van der Waals surface area (Å²) in [5, 5.41) is 0. The van der Waals surface area contributed by atoms with E-state index < -0.39 is 0 Å². The van der Waals surface area contributed by atoms with Gasteiger partial charge in [-0.2, -0.15) is 0 Å². The molecule has 0 radical (unpaired) electrons. The van der Waals surface area contributed by atoms with Crippen molar-refractivity contribution in [3.63, 3.8) is 0 Å².